The molecule has 0 heterocycles. The van der Waals surface area contributed by atoms with E-state index in [0.717, 1.165) is 11.1 Å². The van der Waals surface area contributed by atoms with E-state index in [4.69, 9.17) is 28.3 Å². The highest BCUT2D eigenvalue weighted by atomic mass is 35.5. The fourth-order valence-corrected chi connectivity index (χ4v) is 5.48. The Morgan fingerprint density at radius 1 is 0.897 bits per heavy atom. The molecule has 1 atom stereocenters. The first kappa shape index (κ1) is 28.7. The largest absolute Gasteiger partial charge is 0.481 e. The normalized spacial score (nSPS) is 14.4. The van der Waals surface area contributed by atoms with Gasteiger partial charge < -0.3 is 15.7 Å². The number of nitrogens with one attached hydrogen (secondary N) is 2. The van der Waals surface area contributed by atoms with Crippen molar-refractivity contribution in [1.82, 2.24) is 5.32 Å². The molecule has 1 unspecified atom stereocenters. The number of carboxylic acid groups (broad SMARTS) is 1. The van der Waals surface area contributed by atoms with E-state index in [0.29, 0.717) is 33.6 Å². The summed E-state index contributed by atoms with van der Waals surface area (Å²) in [4.78, 5) is 36.6. The molecular weight excluding hydrogens is 535 g/mol. The molecule has 39 heavy (non-hydrogen) atoms. The molecule has 1 aliphatic rings. The molecule has 4 rings (SSSR count). The Kier molecular flexibility index (Phi) is 10.0. The second-order valence-electron chi connectivity index (χ2n) is 9.97. The number of amides is 2. The maximum atomic E-state index is 13.6. The van der Waals surface area contributed by atoms with Crippen molar-refractivity contribution < 1.29 is 19.5 Å². The van der Waals surface area contributed by atoms with Gasteiger partial charge in [-0.25, -0.2) is 0 Å². The van der Waals surface area contributed by atoms with E-state index in [2.05, 4.69) is 22.8 Å². The molecule has 204 valence electrons. The summed E-state index contributed by atoms with van der Waals surface area (Å²) in [5.41, 5.74) is 4.01. The van der Waals surface area contributed by atoms with Crippen molar-refractivity contribution in [2.75, 3.05) is 11.9 Å². The fraction of sp³-hybridized carbons (Fsp3) is 0.323. The van der Waals surface area contributed by atoms with Crippen molar-refractivity contribution in [3.63, 3.8) is 0 Å². The third-order valence-electron chi connectivity index (χ3n) is 7.20. The van der Waals surface area contributed by atoms with Crippen LogP contribution in [0.2, 0.25) is 10.0 Å². The predicted molar refractivity (Wildman–Crippen MR) is 155 cm³/mol. The van der Waals surface area contributed by atoms with Crippen LogP contribution in [0, 0.1) is 0 Å². The minimum atomic E-state index is -0.971. The van der Waals surface area contributed by atoms with E-state index >= 15 is 0 Å². The number of hydrogen-bond acceptors (Lipinski definition) is 3. The molecule has 1 aliphatic carbocycles. The second kappa shape index (κ2) is 13.6. The molecule has 8 heteroatoms. The van der Waals surface area contributed by atoms with Crippen molar-refractivity contribution in [1.29, 1.82) is 0 Å². The van der Waals surface area contributed by atoms with Crippen LogP contribution < -0.4 is 10.6 Å². The number of carboxylic acids is 1. The van der Waals surface area contributed by atoms with Crippen molar-refractivity contribution in [2.45, 2.75) is 56.8 Å². The summed E-state index contributed by atoms with van der Waals surface area (Å²) < 4.78 is 0. The Hall–Kier alpha value is -3.35. The Balaban J connectivity index is 1.53. The van der Waals surface area contributed by atoms with Gasteiger partial charge in [0.1, 0.15) is 0 Å². The topological polar surface area (TPSA) is 95.5 Å². The van der Waals surface area contributed by atoms with E-state index in [9.17, 15) is 14.4 Å². The van der Waals surface area contributed by atoms with Crippen molar-refractivity contribution in [2.24, 2.45) is 0 Å². The number of rotatable bonds is 10. The quantitative estimate of drug-likeness (QED) is 0.241. The molecule has 1 fully saturated rings. The van der Waals surface area contributed by atoms with Gasteiger partial charge in [0.2, 0.25) is 5.91 Å². The van der Waals surface area contributed by atoms with Crippen LogP contribution in [0.4, 0.5) is 5.69 Å². The second-order valence-corrected chi connectivity index (χ2v) is 10.8. The van der Waals surface area contributed by atoms with Gasteiger partial charge in [-0.3, -0.25) is 14.4 Å². The Labute approximate surface area is 238 Å². The first-order chi connectivity index (χ1) is 18.8. The van der Waals surface area contributed by atoms with E-state index in [-0.39, 0.29) is 24.8 Å². The lowest BCUT2D eigenvalue weighted by atomic mass is 9.83. The maximum absolute atomic E-state index is 13.6. The van der Waals surface area contributed by atoms with Crippen LogP contribution in [0.1, 0.15) is 77.4 Å². The fourth-order valence-electron chi connectivity index (χ4n) is 5.02. The molecule has 6 nitrogen and oxygen atoms in total. The van der Waals surface area contributed by atoms with E-state index < -0.39 is 11.9 Å². The Bertz CT molecular complexity index is 1300. The minimum Gasteiger partial charge on any atom is -0.481 e. The first-order valence-electron chi connectivity index (χ1n) is 13.2. The summed E-state index contributed by atoms with van der Waals surface area (Å²) in [5, 5.41) is 15.2. The van der Waals surface area contributed by atoms with Crippen molar-refractivity contribution >= 4 is 46.7 Å². The standard InChI is InChI=1S/C31H32Cl2N2O4/c32-25-14-15-28(27(33)19-25)35-31(39)26(23-12-10-22(11-13-23)21-4-2-1-3-5-21)18-20-6-8-24(9-7-20)30(38)34-17-16-29(36)37/h6-15,19,21,26H,1-5,16-18H2,(H,34,38)(H,35,39)(H,36,37). The monoisotopic (exact) mass is 566 g/mol. The van der Waals surface area contributed by atoms with Gasteiger partial charge in [-0.15, -0.1) is 0 Å². The predicted octanol–water partition coefficient (Wildman–Crippen LogP) is 7.21. The van der Waals surface area contributed by atoms with E-state index in [1.54, 1.807) is 30.3 Å². The highest BCUT2D eigenvalue weighted by Gasteiger charge is 2.23. The lowest BCUT2D eigenvalue weighted by Crippen LogP contribution is -2.26. The zero-order valence-corrected chi connectivity index (χ0v) is 23.1. The average Bonchev–Trinajstić information content (AvgIpc) is 2.94. The number of anilines is 1. The van der Waals surface area contributed by atoms with Crippen LogP contribution >= 0.6 is 23.2 Å². The van der Waals surface area contributed by atoms with Gasteiger partial charge in [-0.05, 0) is 72.2 Å². The SMILES string of the molecule is O=C(O)CCNC(=O)c1ccc(CC(C(=O)Nc2ccc(Cl)cc2Cl)c2ccc(C3CCCCC3)cc2)cc1. The summed E-state index contributed by atoms with van der Waals surface area (Å²) in [6.45, 7) is 0.0578. The number of carbonyl (C=O) groups is 3. The van der Waals surface area contributed by atoms with E-state index in [1.165, 1.54) is 37.7 Å². The van der Waals surface area contributed by atoms with Crippen LogP contribution in [0.3, 0.4) is 0 Å². The number of hydrogen-bond donors (Lipinski definition) is 3. The van der Waals surface area contributed by atoms with Crippen LogP contribution in [0.25, 0.3) is 0 Å². The number of carbonyl (C=O) groups excluding carboxylic acids is 2. The smallest absolute Gasteiger partial charge is 0.305 e. The lowest BCUT2D eigenvalue weighted by Gasteiger charge is -2.23. The van der Waals surface area contributed by atoms with E-state index in [1.807, 2.05) is 24.3 Å². The van der Waals surface area contributed by atoms with Gasteiger partial charge >= 0.3 is 5.97 Å². The molecule has 3 aromatic carbocycles. The molecule has 3 N–H and O–H groups in total. The lowest BCUT2D eigenvalue weighted by molar-refractivity contribution is -0.136. The van der Waals surface area contributed by atoms with Crippen LogP contribution in [-0.2, 0) is 16.0 Å². The highest BCUT2D eigenvalue weighted by Crippen LogP contribution is 2.34. The number of benzene rings is 3. The van der Waals surface area contributed by atoms with Crippen molar-refractivity contribution in [3.8, 4) is 0 Å². The zero-order chi connectivity index (χ0) is 27.8. The number of halogens is 2. The summed E-state index contributed by atoms with van der Waals surface area (Å²) in [5.74, 6) is -1.43. The molecule has 1 saturated carbocycles. The molecule has 0 spiro atoms. The maximum Gasteiger partial charge on any atom is 0.305 e. The molecule has 3 aromatic rings. The molecular formula is C31H32Cl2N2O4. The average molecular weight is 568 g/mol. The Morgan fingerprint density at radius 2 is 1.59 bits per heavy atom. The third-order valence-corrected chi connectivity index (χ3v) is 7.75. The first-order valence-corrected chi connectivity index (χ1v) is 14.0. The third kappa shape index (κ3) is 8.07. The summed E-state index contributed by atoms with van der Waals surface area (Å²) in [6.07, 6.45) is 6.49. The van der Waals surface area contributed by atoms with Gasteiger partial charge in [0.25, 0.3) is 5.91 Å². The van der Waals surface area contributed by atoms with Crippen LogP contribution in [0.5, 0.6) is 0 Å². The molecule has 0 aliphatic heterocycles. The van der Waals surface area contributed by atoms with Gasteiger partial charge in [0.15, 0.2) is 0 Å². The van der Waals surface area contributed by atoms with Gasteiger partial charge in [-0.2, -0.15) is 0 Å². The molecule has 2 amide bonds. The van der Waals surface area contributed by atoms with Gasteiger partial charge in [0.05, 0.1) is 23.0 Å². The van der Waals surface area contributed by atoms with Crippen LogP contribution in [-0.4, -0.2) is 29.4 Å². The molecule has 0 aromatic heterocycles. The summed E-state index contributed by atoms with van der Waals surface area (Å²) in [6, 6.07) is 20.3. The summed E-state index contributed by atoms with van der Waals surface area (Å²) >= 11 is 12.3. The molecule has 0 saturated heterocycles. The molecule has 0 radical (unpaired) electrons. The van der Waals surface area contributed by atoms with Crippen LogP contribution in [0.15, 0.2) is 66.7 Å². The van der Waals surface area contributed by atoms with Gasteiger partial charge in [-0.1, -0.05) is 78.9 Å². The summed E-state index contributed by atoms with van der Waals surface area (Å²) in [7, 11) is 0. The number of aliphatic carboxylic acids is 1. The zero-order valence-electron chi connectivity index (χ0n) is 21.6. The van der Waals surface area contributed by atoms with Gasteiger partial charge in [0, 0.05) is 17.1 Å². The highest BCUT2D eigenvalue weighted by molar-refractivity contribution is 6.36. The Morgan fingerprint density at radius 3 is 2.23 bits per heavy atom. The molecule has 0 bridgehead atoms. The minimum absolute atomic E-state index is 0.0578. The van der Waals surface area contributed by atoms with Crippen molar-refractivity contribution in [3.05, 3.63) is 99.0 Å².